The maximum Gasteiger partial charge on any atom is 0.320 e. The second kappa shape index (κ2) is 7.77. The highest BCUT2D eigenvalue weighted by Gasteiger charge is 2.22. The lowest BCUT2D eigenvalue weighted by molar-refractivity contribution is -0.143. The predicted molar refractivity (Wildman–Crippen MR) is 96.2 cm³/mol. The van der Waals surface area contributed by atoms with Gasteiger partial charge in [0.05, 0.1) is 22.1 Å². The van der Waals surface area contributed by atoms with Crippen LogP contribution in [-0.2, 0) is 16.6 Å². The van der Waals surface area contributed by atoms with Gasteiger partial charge in [-0.05, 0) is 41.1 Å². The van der Waals surface area contributed by atoms with Crippen molar-refractivity contribution in [3.05, 3.63) is 21.5 Å². The van der Waals surface area contributed by atoms with E-state index >= 15 is 0 Å². The standard InChI is InChI=1S/C15H18FIN4O3/c1-3-6-24-13(22)4-5-21(15(18)23)14-9-7-10(16)11(17)8-12(9)20(2)19-14/h7-8H,3-6H2,1-2H3,(H2,18,23). The number of amides is 2. The van der Waals surface area contributed by atoms with Gasteiger partial charge in [-0.3, -0.25) is 14.4 Å². The zero-order valence-electron chi connectivity index (χ0n) is 13.4. The molecule has 24 heavy (non-hydrogen) atoms. The van der Waals surface area contributed by atoms with E-state index in [4.69, 9.17) is 10.5 Å². The summed E-state index contributed by atoms with van der Waals surface area (Å²) >= 11 is 1.88. The van der Waals surface area contributed by atoms with E-state index in [0.717, 1.165) is 4.90 Å². The summed E-state index contributed by atoms with van der Waals surface area (Å²) in [5.41, 5.74) is 6.08. The van der Waals surface area contributed by atoms with Crippen molar-refractivity contribution in [1.82, 2.24) is 9.78 Å². The van der Waals surface area contributed by atoms with E-state index in [-0.39, 0.29) is 18.8 Å². The number of benzene rings is 1. The Kier molecular flexibility index (Phi) is 5.97. The molecule has 0 spiro atoms. The number of hydrogen-bond acceptors (Lipinski definition) is 4. The van der Waals surface area contributed by atoms with Crippen LogP contribution >= 0.6 is 22.6 Å². The molecule has 0 aliphatic rings. The molecular weight excluding hydrogens is 430 g/mol. The van der Waals surface area contributed by atoms with Gasteiger partial charge in [0, 0.05) is 19.0 Å². The van der Waals surface area contributed by atoms with Crippen molar-refractivity contribution in [3.63, 3.8) is 0 Å². The van der Waals surface area contributed by atoms with Crippen molar-refractivity contribution >= 4 is 51.3 Å². The van der Waals surface area contributed by atoms with Crippen LogP contribution < -0.4 is 10.6 Å². The van der Waals surface area contributed by atoms with Crippen molar-refractivity contribution in [1.29, 1.82) is 0 Å². The third kappa shape index (κ3) is 3.94. The minimum atomic E-state index is -0.766. The first-order valence-corrected chi connectivity index (χ1v) is 8.47. The number of carbonyl (C=O) groups excluding carboxylic acids is 2. The lowest BCUT2D eigenvalue weighted by atomic mass is 10.2. The number of ether oxygens (including phenoxy) is 1. The van der Waals surface area contributed by atoms with Gasteiger partial charge in [-0.25, -0.2) is 9.18 Å². The molecule has 1 aromatic carbocycles. The zero-order chi connectivity index (χ0) is 17.9. The Labute approximate surface area is 152 Å². The molecule has 0 saturated heterocycles. The van der Waals surface area contributed by atoms with Gasteiger partial charge >= 0.3 is 12.0 Å². The van der Waals surface area contributed by atoms with E-state index in [1.54, 1.807) is 13.1 Å². The molecule has 0 fully saturated rings. The van der Waals surface area contributed by atoms with Gasteiger partial charge in [-0.1, -0.05) is 6.92 Å². The number of aromatic nitrogens is 2. The smallest absolute Gasteiger partial charge is 0.320 e. The second-order valence-corrected chi connectivity index (χ2v) is 6.35. The molecule has 0 aliphatic heterocycles. The molecule has 0 radical (unpaired) electrons. The molecule has 2 aromatic rings. The maximum atomic E-state index is 13.9. The molecule has 2 N–H and O–H groups in total. The van der Waals surface area contributed by atoms with E-state index in [0.29, 0.717) is 27.5 Å². The number of urea groups is 1. The zero-order valence-corrected chi connectivity index (χ0v) is 15.5. The normalized spacial score (nSPS) is 10.8. The minimum absolute atomic E-state index is 0.0115. The van der Waals surface area contributed by atoms with E-state index in [9.17, 15) is 14.0 Å². The Bertz CT molecular complexity index is 778. The number of primary amides is 1. The third-order valence-corrected chi connectivity index (χ3v) is 4.23. The van der Waals surface area contributed by atoms with Crippen LogP contribution in [0.1, 0.15) is 19.8 Å². The molecular formula is C15H18FIN4O3. The van der Waals surface area contributed by atoms with Crippen LogP contribution in [0.25, 0.3) is 10.9 Å². The van der Waals surface area contributed by atoms with Crippen LogP contribution in [0.3, 0.4) is 0 Å². The first-order chi connectivity index (χ1) is 11.3. The van der Waals surface area contributed by atoms with Crippen LogP contribution in [0.2, 0.25) is 0 Å². The Hall–Kier alpha value is -1.91. The lowest BCUT2D eigenvalue weighted by Gasteiger charge is -2.17. The number of anilines is 1. The summed E-state index contributed by atoms with van der Waals surface area (Å²) in [6.45, 7) is 2.22. The Morgan fingerprint density at radius 3 is 2.79 bits per heavy atom. The van der Waals surface area contributed by atoms with Crippen molar-refractivity contribution in [2.45, 2.75) is 19.8 Å². The van der Waals surface area contributed by atoms with Crippen LogP contribution in [-0.4, -0.2) is 34.9 Å². The fourth-order valence-corrected chi connectivity index (χ4v) is 2.69. The molecule has 2 amide bonds. The van der Waals surface area contributed by atoms with E-state index in [1.165, 1.54) is 10.7 Å². The summed E-state index contributed by atoms with van der Waals surface area (Å²) < 4.78 is 20.9. The number of aryl methyl sites for hydroxylation is 1. The average molecular weight is 448 g/mol. The number of carbonyl (C=O) groups is 2. The fraction of sp³-hybridized carbons (Fsp3) is 0.400. The number of fused-ring (bicyclic) bond motifs is 1. The van der Waals surface area contributed by atoms with Gasteiger partial charge < -0.3 is 10.5 Å². The first-order valence-electron chi connectivity index (χ1n) is 7.39. The summed E-state index contributed by atoms with van der Waals surface area (Å²) in [5, 5.41) is 4.71. The molecule has 7 nitrogen and oxygen atoms in total. The lowest BCUT2D eigenvalue weighted by Crippen LogP contribution is -2.38. The third-order valence-electron chi connectivity index (χ3n) is 3.40. The SMILES string of the molecule is CCCOC(=O)CCN(C(N)=O)c1nn(C)c2cc(I)c(F)cc12. The van der Waals surface area contributed by atoms with Crippen LogP contribution in [0.4, 0.5) is 15.0 Å². The molecule has 0 bridgehead atoms. The number of esters is 1. The van der Waals surface area contributed by atoms with Crippen LogP contribution in [0.5, 0.6) is 0 Å². The molecule has 0 atom stereocenters. The molecule has 0 saturated carbocycles. The van der Waals surface area contributed by atoms with Gasteiger partial charge in [0.2, 0.25) is 0 Å². The number of rotatable bonds is 6. The van der Waals surface area contributed by atoms with Gasteiger partial charge in [0.15, 0.2) is 5.82 Å². The van der Waals surface area contributed by atoms with Gasteiger partial charge in [0.1, 0.15) is 5.82 Å². The highest BCUT2D eigenvalue weighted by molar-refractivity contribution is 14.1. The Morgan fingerprint density at radius 1 is 1.46 bits per heavy atom. The van der Waals surface area contributed by atoms with Crippen LogP contribution in [0, 0.1) is 9.39 Å². The van der Waals surface area contributed by atoms with Crippen molar-refractivity contribution in [2.75, 3.05) is 18.1 Å². The Morgan fingerprint density at radius 2 is 2.17 bits per heavy atom. The molecule has 0 aliphatic carbocycles. The molecule has 0 unspecified atom stereocenters. The first kappa shape index (κ1) is 18.4. The minimum Gasteiger partial charge on any atom is -0.466 e. The quantitative estimate of drug-likeness (QED) is 0.544. The van der Waals surface area contributed by atoms with Gasteiger partial charge in [-0.15, -0.1) is 0 Å². The highest BCUT2D eigenvalue weighted by Crippen LogP contribution is 2.29. The van der Waals surface area contributed by atoms with Crippen molar-refractivity contribution in [2.24, 2.45) is 12.8 Å². The second-order valence-electron chi connectivity index (χ2n) is 5.19. The number of nitrogens with two attached hydrogens (primary N) is 1. The highest BCUT2D eigenvalue weighted by atomic mass is 127. The fourth-order valence-electron chi connectivity index (χ4n) is 2.24. The van der Waals surface area contributed by atoms with Gasteiger partial charge in [-0.2, -0.15) is 5.10 Å². The van der Waals surface area contributed by atoms with Gasteiger partial charge in [0.25, 0.3) is 0 Å². The molecule has 130 valence electrons. The number of halogens is 2. The summed E-state index contributed by atoms with van der Waals surface area (Å²) in [7, 11) is 1.69. The molecule has 9 heteroatoms. The van der Waals surface area contributed by atoms with E-state index in [1.807, 2.05) is 29.5 Å². The largest absolute Gasteiger partial charge is 0.466 e. The van der Waals surface area contributed by atoms with Crippen molar-refractivity contribution < 1.29 is 18.7 Å². The average Bonchev–Trinajstić information content (AvgIpc) is 2.82. The van der Waals surface area contributed by atoms with Crippen molar-refractivity contribution in [3.8, 4) is 0 Å². The topological polar surface area (TPSA) is 90.4 Å². The number of hydrogen-bond donors (Lipinski definition) is 1. The van der Waals surface area contributed by atoms with Crippen LogP contribution in [0.15, 0.2) is 12.1 Å². The summed E-state index contributed by atoms with van der Waals surface area (Å²) in [6, 6.07) is 2.18. The predicted octanol–water partition coefficient (Wildman–Crippen LogP) is 2.55. The van der Waals surface area contributed by atoms with E-state index in [2.05, 4.69) is 5.10 Å². The van der Waals surface area contributed by atoms with E-state index < -0.39 is 17.8 Å². The molecule has 2 rings (SSSR count). The Balaban J connectivity index is 2.31. The summed E-state index contributed by atoms with van der Waals surface area (Å²) in [5.74, 6) is -0.619. The molecule has 1 aromatic heterocycles. The summed E-state index contributed by atoms with van der Waals surface area (Å²) in [4.78, 5) is 24.6. The maximum absolute atomic E-state index is 13.9. The monoisotopic (exact) mass is 448 g/mol. The molecule has 1 heterocycles. The summed E-state index contributed by atoms with van der Waals surface area (Å²) in [6.07, 6.45) is 0.696. The number of nitrogens with zero attached hydrogens (tertiary/aromatic N) is 3.